The molecule has 2 rings (SSSR count). The number of hydrogen-bond donors (Lipinski definition) is 1. The van der Waals surface area contributed by atoms with E-state index in [-0.39, 0.29) is 17.7 Å². The number of ether oxygens (including phenoxy) is 1. The highest BCUT2D eigenvalue weighted by molar-refractivity contribution is 5.75. The molecule has 6 heteroatoms. The zero-order valence-corrected chi connectivity index (χ0v) is 13.4. The van der Waals surface area contributed by atoms with Gasteiger partial charge in [-0.1, -0.05) is 0 Å². The van der Waals surface area contributed by atoms with Gasteiger partial charge in [0.2, 0.25) is 0 Å². The predicted octanol–water partition coefficient (Wildman–Crippen LogP) is 2.05. The first-order chi connectivity index (χ1) is 9.73. The molecule has 6 nitrogen and oxygen atoms in total. The maximum Gasteiger partial charge on any atom is 0.317 e. The number of rotatable bonds is 2. The van der Waals surface area contributed by atoms with Crippen molar-refractivity contribution in [3.8, 4) is 6.01 Å². The molecule has 0 bridgehead atoms. The zero-order valence-electron chi connectivity index (χ0n) is 13.4. The van der Waals surface area contributed by atoms with Crippen LogP contribution in [0.4, 0.5) is 4.79 Å². The van der Waals surface area contributed by atoms with Crippen LogP contribution in [-0.2, 0) is 0 Å². The van der Waals surface area contributed by atoms with Gasteiger partial charge in [0.25, 0.3) is 0 Å². The van der Waals surface area contributed by atoms with Crippen LogP contribution in [0.15, 0.2) is 6.07 Å². The molecule has 1 saturated heterocycles. The van der Waals surface area contributed by atoms with E-state index in [1.165, 1.54) is 0 Å². The highest BCUT2D eigenvalue weighted by Gasteiger charge is 2.29. The molecule has 0 spiro atoms. The van der Waals surface area contributed by atoms with Crippen LogP contribution in [0.5, 0.6) is 6.01 Å². The Morgan fingerprint density at radius 3 is 2.52 bits per heavy atom. The number of carbonyl (C=O) groups excluding carboxylic acids is 1. The van der Waals surface area contributed by atoms with Gasteiger partial charge in [0.1, 0.15) is 6.10 Å². The van der Waals surface area contributed by atoms with Gasteiger partial charge in [0, 0.05) is 29.9 Å². The third kappa shape index (κ3) is 4.58. The minimum atomic E-state index is -0.229. The average Bonchev–Trinajstić information content (AvgIpc) is 2.73. The Bertz CT molecular complexity index is 505. The summed E-state index contributed by atoms with van der Waals surface area (Å²) in [5.41, 5.74) is 1.54. The minimum Gasteiger partial charge on any atom is -0.458 e. The Morgan fingerprint density at radius 1 is 1.33 bits per heavy atom. The normalized spacial score (nSPS) is 18.7. The van der Waals surface area contributed by atoms with Crippen molar-refractivity contribution in [2.75, 3.05) is 13.1 Å². The molecule has 1 aliphatic rings. The van der Waals surface area contributed by atoms with Crippen LogP contribution in [0.3, 0.4) is 0 Å². The monoisotopic (exact) mass is 292 g/mol. The highest BCUT2D eigenvalue weighted by atomic mass is 16.5. The summed E-state index contributed by atoms with van der Waals surface area (Å²) in [4.78, 5) is 22.4. The topological polar surface area (TPSA) is 67.3 Å². The summed E-state index contributed by atoms with van der Waals surface area (Å²) in [6.07, 6.45) is 0.755. The first-order valence-corrected chi connectivity index (χ1v) is 7.29. The van der Waals surface area contributed by atoms with Crippen LogP contribution in [0.1, 0.15) is 38.6 Å². The van der Waals surface area contributed by atoms with Crippen molar-refractivity contribution in [2.45, 2.75) is 52.7 Å². The van der Waals surface area contributed by atoms with Gasteiger partial charge in [0.05, 0.1) is 6.54 Å². The number of carbonyl (C=O) groups is 1. The average molecular weight is 292 g/mol. The van der Waals surface area contributed by atoms with Gasteiger partial charge < -0.3 is 15.0 Å². The molecular weight excluding hydrogens is 268 g/mol. The summed E-state index contributed by atoms with van der Waals surface area (Å²) >= 11 is 0. The quantitative estimate of drug-likeness (QED) is 0.906. The molecular formula is C15H24N4O2. The van der Waals surface area contributed by atoms with Crippen molar-refractivity contribution < 1.29 is 9.53 Å². The number of aryl methyl sites for hydroxylation is 2. The Hall–Kier alpha value is -1.85. The van der Waals surface area contributed by atoms with Crippen molar-refractivity contribution >= 4 is 6.03 Å². The summed E-state index contributed by atoms with van der Waals surface area (Å²) in [5, 5.41) is 2.96. The molecule has 1 fully saturated rings. The number of nitrogens with zero attached hydrogens (tertiary/aromatic N) is 3. The lowest BCUT2D eigenvalue weighted by Crippen LogP contribution is -2.48. The maximum atomic E-state index is 12.1. The first-order valence-electron chi connectivity index (χ1n) is 7.29. The molecule has 0 aromatic carbocycles. The molecule has 1 N–H and O–H groups in total. The summed E-state index contributed by atoms with van der Waals surface area (Å²) in [6, 6.07) is 2.26. The SMILES string of the molecule is Cc1cc(C)nc(O[C@H]2CCN(C(=O)NC(C)(C)C)C2)n1. The van der Waals surface area contributed by atoms with Gasteiger partial charge in [-0.25, -0.2) is 14.8 Å². The fourth-order valence-corrected chi connectivity index (χ4v) is 2.30. The Balaban J connectivity index is 1.92. The molecule has 1 aromatic rings. The lowest BCUT2D eigenvalue weighted by molar-refractivity contribution is 0.173. The molecule has 1 atom stereocenters. The van der Waals surface area contributed by atoms with Crippen LogP contribution < -0.4 is 10.1 Å². The second-order valence-corrected chi connectivity index (χ2v) is 6.59. The number of likely N-dealkylation sites (tertiary alicyclic amines) is 1. The van der Waals surface area contributed by atoms with E-state index in [0.29, 0.717) is 19.1 Å². The molecule has 0 saturated carbocycles. The smallest absolute Gasteiger partial charge is 0.317 e. The second kappa shape index (κ2) is 5.87. The number of hydrogen-bond acceptors (Lipinski definition) is 4. The Morgan fingerprint density at radius 2 is 1.95 bits per heavy atom. The molecule has 1 aliphatic heterocycles. The minimum absolute atomic E-state index is 0.0445. The fourth-order valence-electron chi connectivity index (χ4n) is 2.30. The van der Waals surface area contributed by atoms with E-state index in [2.05, 4.69) is 15.3 Å². The summed E-state index contributed by atoms with van der Waals surface area (Å²) in [6.45, 7) is 11.0. The molecule has 2 amide bonds. The van der Waals surface area contributed by atoms with Gasteiger partial charge in [-0.15, -0.1) is 0 Å². The van der Waals surface area contributed by atoms with E-state index in [1.54, 1.807) is 4.90 Å². The zero-order chi connectivity index (χ0) is 15.6. The molecule has 116 valence electrons. The lowest BCUT2D eigenvalue weighted by Gasteiger charge is -2.25. The molecule has 21 heavy (non-hydrogen) atoms. The van der Waals surface area contributed by atoms with Crippen LogP contribution in [-0.4, -0.2) is 45.6 Å². The van der Waals surface area contributed by atoms with Crippen molar-refractivity contribution in [1.82, 2.24) is 20.2 Å². The predicted molar refractivity (Wildman–Crippen MR) is 80.4 cm³/mol. The summed E-state index contributed by atoms with van der Waals surface area (Å²) < 4.78 is 5.80. The van der Waals surface area contributed by atoms with Gasteiger partial charge in [-0.05, 0) is 40.7 Å². The number of urea groups is 1. The molecule has 1 aromatic heterocycles. The number of amides is 2. The summed E-state index contributed by atoms with van der Waals surface area (Å²) in [5.74, 6) is 0. The standard InChI is InChI=1S/C15H24N4O2/c1-10-8-11(2)17-13(16-10)21-12-6-7-19(9-12)14(20)18-15(3,4)5/h8,12H,6-7,9H2,1-5H3,(H,18,20)/t12-/m0/s1. The van der Waals surface area contributed by atoms with Crippen molar-refractivity contribution in [1.29, 1.82) is 0 Å². The first kappa shape index (κ1) is 15.5. The van der Waals surface area contributed by atoms with Gasteiger partial charge in [0.15, 0.2) is 0 Å². The van der Waals surface area contributed by atoms with Crippen LogP contribution in [0, 0.1) is 13.8 Å². The largest absolute Gasteiger partial charge is 0.458 e. The van der Waals surface area contributed by atoms with E-state index < -0.39 is 0 Å². The highest BCUT2D eigenvalue weighted by Crippen LogP contribution is 2.16. The molecule has 0 radical (unpaired) electrons. The molecule has 0 aliphatic carbocycles. The van der Waals surface area contributed by atoms with Crippen LogP contribution in [0.25, 0.3) is 0 Å². The van der Waals surface area contributed by atoms with Crippen LogP contribution >= 0.6 is 0 Å². The van der Waals surface area contributed by atoms with Crippen molar-refractivity contribution in [3.63, 3.8) is 0 Å². The Kier molecular flexibility index (Phi) is 4.34. The van der Waals surface area contributed by atoms with Gasteiger partial charge in [-0.3, -0.25) is 0 Å². The lowest BCUT2D eigenvalue weighted by atomic mass is 10.1. The second-order valence-electron chi connectivity index (χ2n) is 6.59. The van der Waals surface area contributed by atoms with Crippen molar-refractivity contribution in [2.24, 2.45) is 0 Å². The van der Waals surface area contributed by atoms with Gasteiger partial charge in [-0.2, -0.15) is 0 Å². The van der Waals surface area contributed by atoms with E-state index in [4.69, 9.17) is 4.74 Å². The van der Waals surface area contributed by atoms with E-state index in [9.17, 15) is 4.79 Å². The molecule has 0 unspecified atom stereocenters. The van der Waals surface area contributed by atoms with Gasteiger partial charge >= 0.3 is 12.0 Å². The third-order valence-electron chi connectivity index (χ3n) is 3.15. The number of aromatic nitrogens is 2. The van der Waals surface area contributed by atoms with E-state index in [0.717, 1.165) is 17.8 Å². The maximum absolute atomic E-state index is 12.1. The number of nitrogens with one attached hydrogen (secondary N) is 1. The van der Waals surface area contributed by atoms with E-state index in [1.807, 2.05) is 40.7 Å². The van der Waals surface area contributed by atoms with Crippen LogP contribution in [0.2, 0.25) is 0 Å². The molecule has 2 heterocycles. The van der Waals surface area contributed by atoms with E-state index >= 15 is 0 Å². The van der Waals surface area contributed by atoms with Crippen molar-refractivity contribution in [3.05, 3.63) is 17.5 Å². The summed E-state index contributed by atoms with van der Waals surface area (Å²) in [7, 11) is 0. The fraction of sp³-hybridized carbons (Fsp3) is 0.667. The third-order valence-corrected chi connectivity index (χ3v) is 3.15. The Labute approximate surface area is 125 Å².